The SMILES string of the molecule is CSCCN(C)C(=O)c1ccc(C)c(Cl)c1. The summed E-state index contributed by atoms with van der Waals surface area (Å²) in [6.45, 7) is 2.68. The van der Waals surface area contributed by atoms with Gasteiger partial charge in [0.25, 0.3) is 5.91 Å². The van der Waals surface area contributed by atoms with Gasteiger partial charge in [-0.3, -0.25) is 4.79 Å². The highest BCUT2D eigenvalue weighted by Crippen LogP contribution is 2.17. The van der Waals surface area contributed by atoms with Crippen LogP contribution in [0.15, 0.2) is 18.2 Å². The lowest BCUT2D eigenvalue weighted by molar-refractivity contribution is 0.0804. The van der Waals surface area contributed by atoms with Crippen LogP contribution in [0, 0.1) is 6.92 Å². The summed E-state index contributed by atoms with van der Waals surface area (Å²) >= 11 is 7.72. The van der Waals surface area contributed by atoms with Crippen LogP contribution in [0.1, 0.15) is 15.9 Å². The van der Waals surface area contributed by atoms with Gasteiger partial charge in [0.1, 0.15) is 0 Å². The number of thioether (sulfide) groups is 1. The van der Waals surface area contributed by atoms with E-state index >= 15 is 0 Å². The summed E-state index contributed by atoms with van der Waals surface area (Å²) in [6.07, 6.45) is 2.03. The molecule has 0 aliphatic carbocycles. The molecular formula is C12H16ClNOS. The molecule has 0 aliphatic heterocycles. The van der Waals surface area contributed by atoms with E-state index < -0.39 is 0 Å². The zero-order valence-corrected chi connectivity index (χ0v) is 11.4. The van der Waals surface area contributed by atoms with Crippen LogP contribution >= 0.6 is 23.4 Å². The molecule has 1 aromatic carbocycles. The minimum atomic E-state index is 0.0240. The van der Waals surface area contributed by atoms with Gasteiger partial charge in [0.15, 0.2) is 0 Å². The zero-order chi connectivity index (χ0) is 12.1. The Bertz CT molecular complexity index is 381. The van der Waals surface area contributed by atoms with Crippen molar-refractivity contribution < 1.29 is 4.79 Å². The molecule has 0 saturated carbocycles. The highest BCUT2D eigenvalue weighted by Gasteiger charge is 2.11. The first-order valence-electron chi connectivity index (χ1n) is 5.07. The highest BCUT2D eigenvalue weighted by atomic mass is 35.5. The van der Waals surface area contributed by atoms with Crippen LogP contribution in [0.25, 0.3) is 0 Å². The minimum absolute atomic E-state index is 0.0240. The van der Waals surface area contributed by atoms with Crippen LogP contribution in [-0.4, -0.2) is 36.4 Å². The summed E-state index contributed by atoms with van der Waals surface area (Å²) in [6, 6.07) is 5.42. The van der Waals surface area contributed by atoms with Crippen molar-refractivity contribution in [1.29, 1.82) is 0 Å². The van der Waals surface area contributed by atoms with E-state index in [0.717, 1.165) is 17.9 Å². The second-order valence-corrected chi connectivity index (χ2v) is 5.08. The van der Waals surface area contributed by atoms with E-state index in [2.05, 4.69) is 0 Å². The topological polar surface area (TPSA) is 20.3 Å². The van der Waals surface area contributed by atoms with Gasteiger partial charge in [0.2, 0.25) is 0 Å². The molecule has 0 spiro atoms. The number of carbonyl (C=O) groups is 1. The lowest BCUT2D eigenvalue weighted by atomic mass is 10.1. The standard InChI is InChI=1S/C12H16ClNOS/c1-9-4-5-10(8-11(9)13)12(15)14(2)6-7-16-3/h4-5,8H,6-7H2,1-3H3. The normalized spacial score (nSPS) is 10.2. The molecule has 1 amide bonds. The predicted molar refractivity (Wildman–Crippen MR) is 71.5 cm³/mol. The minimum Gasteiger partial charge on any atom is -0.341 e. The molecule has 0 N–H and O–H groups in total. The van der Waals surface area contributed by atoms with Crippen LogP contribution in [-0.2, 0) is 0 Å². The molecule has 0 radical (unpaired) electrons. The summed E-state index contributed by atoms with van der Waals surface area (Å²) in [7, 11) is 1.81. The van der Waals surface area contributed by atoms with Crippen molar-refractivity contribution in [2.45, 2.75) is 6.92 Å². The molecule has 0 saturated heterocycles. The van der Waals surface area contributed by atoms with Gasteiger partial charge in [0, 0.05) is 29.9 Å². The van der Waals surface area contributed by atoms with Gasteiger partial charge in [-0.05, 0) is 30.9 Å². The average molecular weight is 258 g/mol. The van der Waals surface area contributed by atoms with Gasteiger partial charge in [-0.2, -0.15) is 11.8 Å². The Hall–Kier alpha value is -0.670. The van der Waals surface area contributed by atoms with E-state index in [-0.39, 0.29) is 5.91 Å². The molecule has 16 heavy (non-hydrogen) atoms. The number of nitrogens with zero attached hydrogens (tertiary/aromatic N) is 1. The number of carbonyl (C=O) groups excluding carboxylic acids is 1. The number of hydrogen-bond donors (Lipinski definition) is 0. The van der Waals surface area contributed by atoms with Gasteiger partial charge in [0.05, 0.1) is 0 Å². The van der Waals surface area contributed by atoms with E-state index in [1.807, 2.05) is 32.4 Å². The Morgan fingerprint density at radius 2 is 2.19 bits per heavy atom. The molecule has 0 heterocycles. The smallest absolute Gasteiger partial charge is 0.253 e. The Morgan fingerprint density at radius 3 is 2.75 bits per heavy atom. The van der Waals surface area contributed by atoms with Crippen molar-refractivity contribution in [2.75, 3.05) is 25.6 Å². The van der Waals surface area contributed by atoms with Crippen LogP contribution < -0.4 is 0 Å². The highest BCUT2D eigenvalue weighted by molar-refractivity contribution is 7.98. The van der Waals surface area contributed by atoms with E-state index in [1.54, 1.807) is 22.7 Å². The Labute approximate surface area is 106 Å². The zero-order valence-electron chi connectivity index (χ0n) is 9.79. The third-order valence-corrected chi connectivity index (χ3v) is 3.39. The Morgan fingerprint density at radius 1 is 1.50 bits per heavy atom. The monoisotopic (exact) mass is 257 g/mol. The molecule has 0 bridgehead atoms. The lowest BCUT2D eigenvalue weighted by Gasteiger charge is -2.16. The quantitative estimate of drug-likeness (QED) is 0.826. The maximum Gasteiger partial charge on any atom is 0.253 e. The molecule has 0 atom stereocenters. The molecule has 0 fully saturated rings. The number of halogens is 1. The summed E-state index contributed by atoms with van der Waals surface area (Å²) in [5, 5.41) is 0.643. The fraction of sp³-hybridized carbons (Fsp3) is 0.417. The molecule has 0 aromatic heterocycles. The first-order chi connectivity index (χ1) is 7.56. The van der Waals surface area contributed by atoms with Gasteiger partial charge in [-0.15, -0.1) is 0 Å². The van der Waals surface area contributed by atoms with Crippen molar-refractivity contribution in [3.05, 3.63) is 34.3 Å². The first-order valence-corrected chi connectivity index (χ1v) is 6.84. The third kappa shape index (κ3) is 3.42. The number of rotatable bonds is 4. The molecule has 4 heteroatoms. The van der Waals surface area contributed by atoms with Crippen LogP contribution in [0.3, 0.4) is 0 Å². The van der Waals surface area contributed by atoms with Gasteiger partial charge in [-0.25, -0.2) is 0 Å². The molecular weight excluding hydrogens is 242 g/mol. The van der Waals surface area contributed by atoms with E-state index in [1.165, 1.54) is 0 Å². The van der Waals surface area contributed by atoms with E-state index in [4.69, 9.17) is 11.6 Å². The molecule has 1 rings (SSSR count). The predicted octanol–water partition coefficient (Wildman–Crippen LogP) is 3.08. The fourth-order valence-corrected chi connectivity index (χ4v) is 1.91. The summed E-state index contributed by atoms with van der Waals surface area (Å²) in [5.74, 6) is 0.970. The van der Waals surface area contributed by atoms with Gasteiger partial charge in [-0.1, -0.05) is 17.7 Å². The van der Waals surface area contributed by atoms with Crippen LogP contribution in [0.2, 0.25) is 5.02 Å². The van der Waals surface area contributed by atoms with Crippen molar-refractivity contribution >= 4 is 29.3 Å². The van der Waals surface area contributed by atoms with Gasteiger partial charge < -0.3 is 4.90 Å². The van der Waals surface area contributed by atoms with Crippen molar-refractivity contribution in [2.24, 2.45) is 0 Å². The summed E-state index contributed by atoms with van der Waals surface area (Å²) < 4.78 is 0. The molecule has 2 nitrogen and oxygen atoms in total. The van der Waals surface area contributed by atoms with Crippen molar-refractivity contribution in [1.82, 2.24) is 4.90 Å². The molecule has 88 valence electrons. The Kier molecular flexibility index (Phi) is 5.16. The molecule has 0 aliphatic rings. The summed E-state index contributed by atoms with van der Waals surface area (Å²) in [4.78, 5) is 13.7. The van der Waals surface area contributed by atoms with Crippen LogP contribution in [0.4, 0.5) is 0 Å². The van der Waals surface area contributed by atoms with Crippen LogP contribution in [0.5, 0.6) is 0 Å². The number of benzene rings is 1. The molecule has 1 aromatic rings. The fourth-order valence-electron chi connectivity index (χ4n) is 1.28. The third-order valence-electron chi connectivity index (χ3n) is 2.40. The van der Waals surface area contributed by atoms with E-state index in [9.17, 15) is 4.79 Å². The number of aryl methyl sites for hydroxylation is 1. The van der Waals surface area contributed by atoms with Crippen molar-refractivity contribution in [3.8, 4) is 0 Å². The number of hydrogen-bond acceptors (Lipinski definition) is 2. The summed E-state index contributed by atoms with van der Waals surface area (Å²) in [5.41, 5.74) is 1.64. The maximum atomic E-state index is 12.0. The maximum absolute atomic E-state index is 12.0. The first kappa shape index (κ1) is 13.4. The Balaban J connectivity index is 2.76. The lowest BCUT2D eigenvalue weighted by Crippen LogP contribution is -2.28. The van der Waals surface area contributed by atoms with Gasteiger partial charge >= 0.3 is 0 Å². The largest absolute Gasteiger partial charge is 0.341 e. The second kappa shape index (κ2) is 6.16. The molecule has 0 unspecified atom stereocenters. The average Bonchev–Trinajstić information content (AvgIpc) is 2.28. The van der Waals surface area contributed by atoms with E-state index in [0.29, 0.717) is 10.6 Å². The van der Waals surface area contributed by atoms with Crippen molar-refractivity contribution in [3.63, 3.8) is 0 Å². The number of amides is 1. The second-order valence-electron chi connectivity index (χ2n) is 3.68.